The molecular formula is C27H36Cl2N4O5. The van der Waals surface area contributed by atoms with Gasteiger partial charge in [-0.3, -0.25) is 0 Å². The third-order valence-electron chi connectivity index (χ3n) is 6.44. The van der Waals surface area contributed by atoms with Gasteiger partial charge in [-0.2, -0.15) is 0 Å². The van der Waals surface area contributed by atoms with Gasteiger partial charge in [-0.1, -0.05) is 41.4 Å². The molecule has 1 amide bonds. The van der Waals surface area contributed by atoms with Crippen LogP contribution in [0, 0.1) is 0 Å². The first-order valence-electron chi connectivity index (χ1n) is 12.9. The molecule has 0 aliphatic carbocycles. The average Bonchev–Trinajstić information content (AvgIpc) is 2.91. The van der Waals surface area contributed by atoms with Crippen molar-refractivity contribution in [3.63, 3.8) is 0 Å². The maximum atomic E-state index is 12.3. The topological polar surface area (TPSA) is 113 Å². The number of aryl methyl sites for hydroxylation is 2. The summed E-state index contributed by atoms with van der Waals surface area (Å²) in [7, 11) is 1.64. The Labute approximate surface area is 233 Å². The lowest BCUT2D eigenvalue weighted by atomic mass is 10.1. The highest BCUT2D eigenvalue weighted by atomic mass is 35.5. The van der Waals surface area contributed by atoms with Gasteiger partial charge in [0.1, 0.15) is 18.5 Å². The lowest BCUT2D eigenvalue weighted by molar-refractivity contribution is -0.139. The Hall–Kier alpha value is -2.59. The van der Waals surface area contributed by atoms with Gasteiger partial charge in [0.25, 0.3) is 0 Å². The number of methoxy groups -OCH3 is 1. The Kier molecular flexibility index (Phi) is 12.4. The van der Waals surface area contributed by atoms with Crippen LogP contribution in [0.4, 0.5) is 10.6 Å². The number of hydrogen-bond acceptors (Lipinski definition) is 7. The SMILES string of the molecule is COCCN(CCCCc1ccc2c(n1)NCCC2)CCC(NC(=O)OCc1cccc(Cl)c1Cl)C(=O)O. The van der Waals surface area contributed by atoms with Crippen LogP contribution in [0.15, 0.2) is 30.3 Å². The van der Waals surface area contributed by atoms with Gasteiger partial charge in [0.05, 0.1) is 16.7 Å². The van der Waals surface area contributed by atoms with Crippen LogP contribution in [0.25, 0.3) is 0 Å². The number of amides is 1. The van der Waals surface area contributed by atoms with E-state index >= 15 is 0 Å². The van der Waals surface area contributed by atoms with Gasteiger partial charge >= 0.3 is 12.1 Å². The number of nitrogens with zero attached hydrogens (tertiary/aromatic N) is 2. The van der Waals surface area contributed by atoms with Crippen LogP contribution in [0.2, 0.25) is 10.0 Å². The first-order chi connectivity index (χ1) is 18.4. The lowest BCUT2D eigenvalue weighted by Gasteiger charge is -2.24. The molecule has 0 spiro atoms. The molecule has 0 saturated carbocycles. The van der Waals surface area contributed by atoms with E-state index in [1.54, 1.807) is 25.3 Å². The number of aliphatic carboxylic acids is 1. The zero-order valence-corrected chi connectivity index (χ0v) is 23.2. The third-order valence-corrected chi connectivity index (χ3v) is 7.29. The number of carbonyl (C=O) groups excluding carboxylic acids is 1. The van der Waals surface area contributed by atoms with Crippen molar-refractivity contribution in [2.24, 2.45) is 0 Å². The number of ether oxygens (including phenoxy) is 2. The van der Waals surface area contributed by atoms with E-state index in [1.807, 2.05) is 0 Å². The first-order valence-corrected chi connectivity index (χ1v) is 13.7. The van der Waals surface area contributed by atoms with Crippen molar-refractivity contribution in [1.82, 2.24) is 15.2 Å². The number of benzene rings is 1. The average molecular weight is 568 g/mol. The molecule has 2 aromatic rings. The number of carbonyl (C=O) groups is 2. The zero-order chi connectivity index (χ0) is 27.3. The van der Waals surface area contributed by atoms with Gasteiger partial charge in [-0.25, -0.2) is 14.6 Å². The van der Waals surface area contributed by atoms with Gasteiger partial charge in [0, 0.05) is 38.0 Å². The lowest BCUT2D eigenvalue weighted by Crippen LogP contribution is -2.43. The molecule has 3 rings (SSSR count). The Bertz CT molecular complexity index is 1070. The van der Waals surface area contributed by atoms with Gasteiger partial charge in [-0.05, 0) is 62.8 Å². The van der Waals surface area contributed by atoms with Crippen LogP contribution in [-0.4, -0.2) is 73.0 Å². The number of carboxylic acids is 1. The summed E-state index contributed by atoms with van der Waals surface area (Å²) in [6.45, 7) is 3.33. The van der Waals surface area contributed by atoms with Crippen LogP contribution in [0.1, 0.15) is 42.5 Å². The van der Waals surface area contributed by atoms with Crippen LogP contribution in [0.5, 0.6) is 0 Å². The van der Waals surface area contributed by atoms with Gasteiger partial charge < -0.3 is 30.1 Å². The van der Waals surface area contributed by atoms with Gasteiger partial charge in [0.2, 0.25) is 0 Å². The standard InChI is InChI=1S/C27H36Cl2N4O5/c1-37-17-16-33(14-3-2-8-21-11-10-19-7-5-13-30-25(19)31-21)15-12-23(26(34)35)32-27(36)38-18-20-6-4-9-22(28)24(20)29/h4,6,9-11,23H,2-3,5,7-8,12-18H2,1H3,(H,30,31)(H,32,36)(H,34,35). The van der Waals surface area contributed by atoms with Crippen LogP contribution < -0.4 is 10.6 Å². The Morgan fingerprint density at radius 2 is 2.03 bits per heavy atom. The van der Waals surface area contributed by atoms with Crippen molar-refractivity contribution in [2.45, 2.75) is 51.2 Å². The number of unbranched alkanes of at least 4 members (excludes halogenated alkanes) is 1. The second-order valence-corrected chi connectivity index (χ2v) is 10.0. The molecular weight excluding hydrogens is 531 g/mol. The van der Waals surface area contributed by atoms with E-state index in [4.69, 9.17) is 37.7 Å². The smallest absolute Gasteiger partial charge is 0.408 e. The van der Waals surface area contributed by atoms with Crippen molar-refractivity contribution >= 4 is 41.1 Å². The summed E-state index contributed by atoms with van der Waals surface area (Å²) in [6, 6.07) is 8.20. The van der Waals surface area contributed by atoms with Crippen molar-refractivity contribution in [2.75, 3.05) is 45.2 Å². The number of nitrogens with one attached hydrogen (secondary N) is 2. The summed E-state index contributed by atoms with van der Waals surface area (Å²) in [6.07, 6.45) is 4.40. The highest BCUT2D eigenvalue weighted by Crippen LogP contribution is 2.26. The molecule has 1 aromatic heterocycles. The van der Waals surface area contributed by atoms with Crippen LogP contribution in [0.3, 0.4) is 0 Å². The van der Waals surface area contributed by atoms with Gasteiger partial charge in [0.15, 0.2) is 0 Å². The maximum absolute atomic E-state index is 12.3. The molecule has 38 heavy (non-hydrogen) atoms. The number of aromatic nitrogens is 1. The molecule has 1 aromatic carbocycles. The Morgan fingerprint density at radius 3 is 2.82 bits per heavy atom. The highest BCUT2D eigenvalue weighted by Gasteiger charge is 2.22. The fourth-order valence-corrected chi connectivity index (χ4v) is 4.64. The second-order valence-electron chi connectivity index (χ2n) is 9.25. The quantitative estimate of drug-likeness (QED) is 0.264. The summed E-state index contributed by atoms with van der Waals surface area (Å²) >= 11 is 12.1. The van der Waals surface area contributed by atoms with E-state index in [9.17, 15) is 14.7 Å². The molecule has 1 aliphatic rings. The molecule has 0 radical (unpaired) electrons. The summed E-state index contributed by atoms with van der Waals surface area (Å²) in [5.74, 6) is -0.113. The fraction of sp³-hybridized carbons (Fsp3) is 0.519. The third kappa shape index (κ3) is 9.62. The number of halogens is 2. The molecule has 3 N–H and O–H groups in total. The minimum Gasteiger partial charge on any atom is -0.480 e. The molecule has 11 heteroatoms. The normalized spacial score (nSPS) is 13.5. The highest BCUT2D eigenvalue weighted by molar-refractivity contribution is 6.42. The number of anilines is 1. The van der Waals surface area contributed by atoms with Crippen molar-refractivity contribution < 1.29 is 24.2 Å². The molecule has 0 bridgehead atoms. The molecule has 9 nitrogen and oxygen atoms in total. The van der Waals surface area contributed by atoms with E-state index in [2.05, 4.69) is 27.7 Å². The van der Waals surface area contributed by atoms with E-state index in [-0.39, 0.29) is 13.0 Å². The molecule has 0 fully saturated rings. The van der Waals surface area contributed by atoms with Gasteiger partial charge in [-0.15, -0.1) is 0 Å². The number of alkyl carbamates (subject to hydrolysis) is 1. The summed E-state index contributed by atoms with van der Waals surface area (Å²) in [5, 5.41) is 16.1. The fourth-order valence-electron chi connectivity index (χ4n) is 4.26. The zero-order valence-electron chi connectivity index (χ0n) is 21.7. The molecule has 1 unspecified atom stereocenters. The molecule has 1 atom stereocenters. The minimum absolute atomic E-state index is 0.118. The Morgan fingerprint density at radius 1 is 1.18 bits per heavy atom. The second kappa shape index (κ2) is 15.7. The first kappa shape index (κ1) is 30.0. The molecule has 2 heterocycles. The Balaban J connectivity index is 1.44. The maximum Gasteiger partial charge on any atom is 0.408 e. The predicted octanol–water partition coefficient (Wildman–Crippen LogP) is 4.79. The van der Waals surface area contributed by atoms with Crippen LogP contribution in [-0.2, 0) is 33.7 Å². The van der Waals surface area contributed by atoms with Crippen molar-refractivity contribution in [1.29, 1.82) is 0 Å². The monoisotopic (exact) mass is 566 g/mol. The van der Waals surface area contributed by atoms with E-state index in [1.165, 1.54) is 5.56 Å². The molecule has 0 saturated heterocycles. The number of fused-ring (bicyclic) bond motifs is 1. The van der Waals surface area contributed by atoms with E-state index in [0.717, 1.165) is 56.7 Å². The predicted molar refractivity (Wildman–Crippen MR) is 148 cm³/mol. The number of rotatable bonds is 15. The number of hydrogen-bond donors (Lipinski definition) is 3. The summed E-state index contributed by atoms with van der Waals surface area (Å²) in [4.78, 5) is 31.0. The molecule has 208 valence electrons. The van der Waals surface area contributed by atoms with E-state index < -0.39 is 18.1 Å². The summed E-state index contributed by atoms with van der Waals surface area (Å²) < 4.78 is 10.4. The minimum atomic E-state index is -1.12. The van der Waals surface area contributed by atoms with E-state index in [0.29, 0.717) is 35.3 Å². The number of carboxylic acid groups (broad SMARTS) is 1. The van der Waals surface area contributed by atoms with Crippen LogP contribution >= 0.6 is 23.2 Å². The largest absolute Gasteiger partial charge is 0.480 e. The van der Waals surface area contributed by atoms with Crippen molar-refractivity contribution in [3.8, 4) is 0 Å². The van der Waals surface area contributed by atoms with Crippen molar-refractivity contribution in [3.05, 3.63) is 57.2 Å². The molecule has 1 aliphatic heterocycles. The number of pyridine rings is 1. The summed E-state index contributed by atoms with van der Waals surface area (Å²) in [5.41, 5.74) is 2.90.